The third kappa shape index (κ3) is 2.89. The van der Waals surface area contributed by atoms with E-state index in [2.05, 4.69) is 0 Å². The minimum atomic E-state index is -0.835. The fraction of sp³-hybridized carbons (Fsp3) is 0.500. The van der Waals surface area contributed by atoms with Crippen LogP contribution in [0.4, 0.5) is 4.39 Å². The van der Waals surface area contributed by atoms with Gasteiger partial charge in [-0.05, 0) is 37.5 Å². The SMILES string of the molecule is CCOC(=O)CC1(c2ccc(F)cc2)CCCCC1=O. The topological polar surface area (TPSA) is 43.4 Å². The highest BCUT2D eigenvalue weighted by molar-refractivity contribution is 5.94. The Kier molecular flexibility index (Phi) is 4.53. The Bertz CT molecular complexity index is 495. The number of Topliss-reactive ketones (excluding diaryl/α,β-unsaturated/α-hetero) is 1. The van der Waals surface area contributed by atoms with Gasteiger partial charge in [-0.15, -0.1) is 0 Å². The molecule has 1 atom stereocenters. The van der Waals surface area contributed by atoms with Gasteiger partial charge in [0.15, 0.2) is 0 Å². The molecule has 3 nitrogen and oxygen atoms in total. The molecule has 0 aliphatic heterocycles. The van der Waals surface area contributed by atoms with E-state index in [9.17, 15) is 14.0 Å². The van der Waals surface area contributed by atoms with Crippen molar-refractivity contribution in [2.45, 2.75) is 44.4 Å². The van der Waals surface area contributed by atoms with Crippen LogP contribution in [-0.4, -0.2) is 18.4 Å². The third-order valence-electron chi connectivity index (χ3n) is 3.94. The van der Waals surface area contributed by atoms with Gasteiger partial charge in [0, 0.05) is 6.42 Å². The van der Waals surface area contributed by atoms with E-state index in [0.717, 1.165) is 18.4 Å². The van der Waals surface area contributed by atoms with Crippen LogP contribution in [0.3, 0.4) is 0 Å². The summed E-state index contributed by atoms with van der Waals surface area (Å²) in [5.41, 5.74) is -0.116. The molecule has 0 N–H and O–H groups in total. The van der Waals surface area contributed by atoms with Gasteiger partial charge in [0.05, 0.1) is 18.4 Å². The number of esters is 1. The molecule has 1 saturated carbocycles. The average molecular weight is 278 g/mol. The summed E-state index contributed by atoms with van der Waals surface area (Å²) < 4.78 is 18.1. The molecular weight excluding hydrogens is 259 g/mol. The van der Waals surface area contributed by atoms with Gasteiger partial charge >= 0.3 is 5.97 Å². The van der Waals surface area contributed by atoms with E-state index in [1.54, 1.807) is 19.1 Å². The van der Waals surface area contributed by atoms with Crippen molar-refractivity contribution in [3.8, 4) is 0 Å². The molecule has 4 heteroatoms. The molecule has 0 radical (unpaired) electrons. The van der Waals surface area contributed by atoms with Gasteiger partial charge in [-0.25, -0.2) is 4.39 Å². The summed E-state index contributed by atoms with van der Waals surface area (Å²) in [5.74, 6) is -0.654. The molecule has 0 spiro atoms. The summed E-state index contributed by atoms with van der Waals surface area (Å²) >= 11 is 0. The van der Waals surface area contributed by atoms with Crippen LogP contribution in [0.2, 0.25) is 0 Å². The zero-order valence-electron chi connectivity index (χ0n) is 11.7. The number of ketones is 1. The van der Waals surface area contributed by atoms with Gasteiger partial charge in [0.2, 0.25) is 0 Å². The van der Waals surface area contributed by atoms with E-state index in [0.29, 0.717) is 19.4 Å². The van der Waals surface area contributed by atoms with Gasteiger partial charge in [-0.3, -0.25) is 9.59 Å². The average Bonchev–Trinajstić information content (AvgIpc) is 2.42. The zero-order valence-corrected chi connectivity index (χ0v) is 11.7. The first-order valence-electron chi connectivity index (χ1n) is 7.03. The molecule has 0 heterocycles. The van der Waals surface area contributed by atoms with Crippen LogP contribution in [0.25, 0.3) is 0 Å². The Morgan fingerprint density at radius 3 is 2.60 bits per heavy atom. The van der Waals surface area contributed by atoms with Crippen molar-refractivity contribution in [2.24, 2.45) is 0 Å². The lowest BCUT2D eigenvalue weighted by molar-refractivity contribution is -0.147. The third-order valence-corrected chi connectivity index (χ3v) is 3.94. The molecule has 1 aliphatic carbocycles. The van der Waals surface area contributed by atoms with Crippen LogP contribution in [0.5, 0.6) is 0 Å². The molecule has 2 rings (SSSR count). The minimum Gasteiger partial charge on any atom is -0.466 e. The zero-order chi connectivity index (χ0) is 14.6. The fourth-order valence-electron chi connectivity index (χ4n) is 2.91. The van der Waals surface area contributed by atoms with Gasteiger partial charge in [-0.1, -0.05) is 18.6 Å². The summed E-state index contributed by atoms with van der Waals surface area (Å²) in [6.45, 7) is 2.04. The molecule has 1 aliphatic rings. The molecular formula is C16H19FO3. The molecule has 0 amide bonds. The smallest absolute Gasteiger partial charge is 0.307 e. The maximum absolute atomic E-state index is 13.1. The summed E-state index contributed by atoms with van der Waals surface area (Å²) in [6.07, 6.45) is 2.88. The Hall–Kier alpha value is -1.71. The molecule has 20 heavy (non-hydrogen) atoms. The Morgan fingerprint density at radius 1 is 1.30 bits per heavy atom. The molecule has 1 aromatic carbocycles. The Labute approximate surface area is 118 Å². The van der Waals surface area contributed by atoms with Crippen LogP contribution in [-0.2, 0) is 19.7 Å². The summed E-state index contributed by atoms with van der Waals surface area (Å²) in [6, 6.07) is 5.89. The first-order valence-corrected chi connectivity index (χ1v) is 7.03. The summed E-state index contributed by atoms with van der Waals surface area (Å²) in [4.78, 5) is 24.3. The van der Waals surface area contributed by atoms with E-state index >= 15 is 0 Å². The first kappa shape index (κ1) is 14.7. The second-order valence-corrected chi connectivity index (χ2v) is 5.20. The van der Waals surface area contributed by atoms with Crippen molar-refractivity contribution in [3.63, 3.8) is 0 Å². The number of halogens is 1. The van der Waals surface area contributed by atoms with Crippen molar-refractivity contribution in [2.75, 3.05) is 6.61 Å². The van der Waals surface area contributed by atoms with Crippen molar-refractivity contribution >= 4 is 11.8 Å². The van der Waals surface area contributed by atoms with E-state index in [4.69, 9.17) is 4.74 Å². The Morgan fingerprint density at radius 2 is 2.00 bits per heavy atom. The van der Waals surface area contributed by atoms with Gasteiger partial charge in [0.25, 0.3) is 0 Å². The maximum atomic E-state index is 13.1. The molecule has 0 saturated heterocycles. The molecule has 0 bridgehead atoms. The van der Waals surface area contributed by atoms with Crippen molar-refractivity contribution in [1.29, 1.82) is 0 Å². The number of hydrogen-bond acceptors (Lipinski definition) is 3. The van der Waals surface area contributed by atoms with E-state index < -0.39 is 5.41 Å². The normalized spacial score (nSPS) is 22.6. The first-order chi connectivity index (χ1) is 9.58. The van der Waals surface area contributed by atoms with E-state index in [1.165, 1.54) is 12.1 Å². The number of ether oxygens (including phenoxy) is 1. The van der Waals surface area contributed by atoms with Crippen molar-refractivity contribution in [1.82, 2.24) is 0 Å². The van der Waals surface area contributed by atoms with E-state index in [-0.39, 0.29) is 24.0 Å². The second kappa shape index (κ2) is 6.16. The fourth-order valence-corrected chi connectivity index (χ4v) is 2.91. The van der Waals surface area contributed by atoms with Gasteiger partial charge in [0.1, 0.15) is 11.6 Å². The van der Waals surface area contributed by atoms with Crippen LogP contribution < -0.4 is 0 Å². The number of hydrogen-bond donors (Lipinski definition) is 0. The largest absolute Gasteiger partial charge is 0.466 e. The number of carbonyl (C=O) groups excluding carboxylic acids is 2. The summed E-state index contributed by atoms with van der Waals surface area (Å²) in [5, 5.41) is 0. The van der Waals surface area contributed by atoms with Crippen molar-refractivity contribution < 1.29 is 18.7 Å². The highest BCUT2D eigenvalue weighted by Gasteiger charge is 2.43. The number of carbonyl (C=O) groups is 2. The molecule has 1 aromatic rings. The number of benzene rings is 1. The molecule has 108 valence electrons. The van der Waals surface area contributed by atoms with Crippen LogP contribution in [0.15, 0.2) is 24.3 Å². The highest BCUT2D eigenvalue weighted by Crippen LogP contribution is 2.40. The standard InChI is InChI=1S/C16H19FO3/c1-2-20-15(19)11-16(10-4-3-5-14(16)18)12-6-8-13(17)9-7-12/h6-9H,2-5,10-11H2,1H3. The minimum absolute atomic E-state index is 0.0469. The molecule has 0 aromatic heterocycles. The van der Waals surface area contributed by atoms with Crippen LogP contribution in [0.1, 0.15) is 44.6 Å². The lowest BCUT2D eigenvalue weighted by atomic mass is 9.66. The lowest BCUT2D eigenvalue weighted by Crippen LogP contribution is -2.41. The quantitative estimate of drug-likeness (QED) is 0.795. The van der Waals surface area contributed by atoms with Crippen LogP contribution >= 0.6 is 0 Å². The molecule has 1 unspecified atom stereocenters. The monoisotopic (exact) mass is 278 g/mol. The van der Waals surface area contributed by atoms with Crippen LogP contribution in [0, 0.1) is 5.82 Å². The van der Waals surface area contributed by atoms with Crippen molar-refractivity contribution in [3.05, 3.63) is 35.6 Å². The predicted octanol–water partition coefficient (Wildman–Crippen LogP) is 3.16. The summed E-state index contributed by atoms with van der Waals surface area (Å²) in [7, 11) is 0. The lowest BCUT2D eigenvalue weighted by Gasteiger charge is -2.35. The Balaban J connectivity index is 2.35. The molecule has 1 fully saturated rings. The highest BCUT2D eigenvalue weighted by atomic mass is 19.1. The van der Waals surface area contributed by atoms with E-state index in [1.807, 2.05) is 0 Å². The maximum Gasteiger partial charge on any atom is 0.307 e. The number of rotatable bonds is 4. The predicted molar refractivity (Wildman–Crippen MR) is 72.8 cm³/mol. The second-order valence-electron chi connectivity index (χ2n) is 5.20. The van der Waals surface area contributed by atoms with Gasteiger partial charge in [-0.2, -0.15) is 0 Å². The van der Waals surface area contributed by atoms with Gasteiger partial charge < -0.3 is 4.74 Å².